The minimum atomic E-state index is -0.661. The summed E-state index contributed by atoms with van der Waals surface area (Å²) >= 11 is 1.06. The molecule has 0 saturated heterocycles. The fourth-order valence-electron chi connectivity index (χ4n) is 1.56. The first kappa shape index (κ1) is 14.3. The van der Waals surface area contributed by atoms with Crippen molar-refractivity contribution >= 4 is 23.4 Å². The fourth-order valence-corrected chi connectivity index (χ4v) is 2.40. The number of nitrogen functional groups attached to an aromatic ring is 1. The highest BCUT2D eigenvalue weighted by atomic mass is 32.2. The first-order valence-corrected chi connectivity index (χ1v) is 6.43. The molecule has 0 atom stereocenters. The number of carbonyl (C=O) groups is 1. The molecule has 6 heteroatoms. The van der Waals surface area contributed by atoms with E-state index in [0.29, 0.717) is 16.1 Å². The van der Waals surface area contributed by atoms with Crippen LogP contribution >= 0.6 is 11.8 Å². The zero-order valence-electron chi connectivity index (χ0n) is 10.5. The molecule has 0 heterocycles. The summed E-state index contributed by atoms with van der Waals surface area (Å²) in [5.41, 5.74) is 6.45. The van der Waals surface area contributed by atoms with Crippen molar-refractivity contribution in [2.24, 2.45) is 0 Å². The number of esters is 1. The molecule has 0 fully saturated rings. The molecule has 0 aliphatic rings. The van der Waals surface area contributed by atoms with Crippen LogP contribution in [-0.2, 0) is 4.74 Å². The largest absolute Gasteiger partial charge is 0.465 e. The van der Waals surface area contributed by atoms with E-state index < -0.39 is 17.6 Å². The maximum absolute atomic E-state index is 13.6. The van der Waals surface area contributed by atoms with Crippen LogP contribution in [0.5, 0.6) is 0 Å². The Balaban J connectivity index is 2.28. The van der Waals surface area contributed by atoms with Gasteiger partial charge in [0.1, 0.15) is 11.6 Å². The van der Waals surface area contributed by atoms with Gasteiger partial charge in [0.15, 0.2) is 0 Å². The van der Waals surface area contributed by atoms with Crippen molar-refractivity contribution in [2.75, 3.05) is 12.8 Å². The van der Waals surface area contributed by atoms with Crippen molar-refractivity contribution < 1.29 is 18.3 Å². The van der Waals surface area contributed by atoms with Crippen molar-refractivity contribution in [3.63, 3.8) is 0 Å². The molecule has 0 unspecified atom stereocenters. The lowest BCUT2D eigenvalue weighted by Crippen LogP contribution is -2.02. The molecule has 0 spiro atoms. The second-order valence-corrected chi connectivity index (χ2v) is 5.00. The van der Waals surface area contributed by atoms with Gasteiger partial charge >= 0.3 is 5.97 Å². The van der Waals surface area contributed by atoms with Gasteiger partial charge in [0.25, 0.3) is 0 Å². The number of carbonyl (C=O) groups excluding carboxylic acids is 1. The Morgan fingerprint density at radius 1 is 1.15 bits per heavy atom. The molecule has 0 radical (unpaired) electrons. The molecule has 104 valence electrons. The highest BCUT2D eigenvalue weighted by molar-refractivity contribution is 7.99. The van der Waals surface area contributed by atoms with Crippen LogP contribution in [0, 0.1) is 11.6 Å². The normalized spacial score (nSPS) is 10.3. The van der Waals surface area contributed by atoms with Gasteiger partial charge in [0.2, 0.25) is 0 Å². The highest BCUT2D eigenvalue weighted by Crippen LogP contribution is 2.34. The van der Waals surface area contributed by atoms with Crippen LogP contribution in [0.1, 0.15) is 10.4 Å². The zero-order valence-corrected chi connectivity index (χ0v) is 11.3. The van der Waals surface area contributed by atoms with Gasteiger partial charge in [-0.2, -0.15) is 0 Å². The average molecular weight is 295 g/mol. The molecule has 2 aromatic rings. The Morgan fingerprint density at radius 2 is 1.85 bits per heavy atom. The third kappa shape index (κ3) is 3.08. The van der Waals surface area contributed by atoms with E-state index in [9.17, 15) is 13.6 Å². The minimum absolute atomic E-state index is 0.254. The van der Waals surface area contributed by atoms with Gasteiger partial charge in [-0.15, -0.1) is 0 Å². The zero-order chi connectivity index (χ0) is 14.7. The molecular formula is C14H11F2NO2S. The summed E-state index contributed by atoms with van der Waals surface area (Å²) in [7, 11) is 1.27. The lowest BCUT2D eigenvalue weighted by atomic mass is 10.2. The molecule has 2 aromatic carbocycles. The molecule has 0 amide bonds. The van der Waals surface area contributed by atoms with Crippen LogP contribution in [0.15, 0.2) is 46.2 Å². The third-order valence-electron chi connectivity index (χ3n) is 2.54. The maximum atomic E-state index is 13.6. The summed E-state index contributed by atoms with van der Waals surface area (Å²) in [5.74, 6) is -1.80. The van der Waals surface area contributed by atoms with Crippen molar-refractivity contribution in [1.82, 2.24) is 0 Å². The Morgan fingerprint density at radius 3 is 2.45 bits per heavy atom. The second kappa shape index (κ2) is 5.92. The topological polar surface area (TPSA) is 52.3 Å². The van der Waals surface area contributed by atoms with Crippen molar-refractivity contribution in [1.29, 1.82) is 0 Å². The van der Waals surface area contributed by atoms with Crippen molar-refractivity contribution in [2.45, 2.75) is 9.79 Å². The average Bonchev–Trinajstić information content (AvgIpc) is 2.42. The van der Waals surface area contributed by atoms with E-state index in [0.717, 1.165) is 17.8 Å². The number of methoxy groups -OCH3 is 1. The summed E-state index contributed by atoms with van der Waals surface area (Å²) in [6, 6.07) is 7.89. The number of ether oxygens (including phenoxy) is 1. The van der Waals surface area contributed by atoms with E-state index in [1.165, 1.54) is 31.4 Å². The summed E-state index contributed by atoms with van der Waals surface area (Å²) in [6.07, 6.45) is 0. The predicted octanol–water partition coefficient (Wildman–Crippen LogP) is 3.48. The molecule has 0 bridgehead atoms. The number of rotatable bonds is 3. The molecule has 3 nitrogen and oxygen atoms in total. The summed E-state index contributed by atoms with van der Waals surface area (Å²) in [6.45, 7) is 0. The van der Waals surface area contributed by atoms with Crippen molar-refractivity contribution in [3.8, 4) is 0 Å². The fraction of sp³-hybridized carbons (Fsp3) is 0.0714. The molecule has 20 heavy (non-hydrogen) atoms. The van der Waals surface area contributed by atoms with Crippen LogP contribution in [0.4, 0.5) is 14.5 Å². The number of hydrogen-bond acceptors (Lipinski definition) is 4. The van der Waals surface area contributed by atoms with E-state index in [1.807, 2.05) is 0 Å². The summed E-state index contributed by atoms with van der Waals surface area (Å²) in [5, 5.41) is 0. The van der Waals surface area contributed by atoms with Gasteiger partial charge in [0, 0.05) is 21.5 Å². The number of halogens is 2. The van der Waals surface area contributed by atoms with Crippen LogP contribution in [0.25, 0.3) is 0 Å². The molecule has 0 aliphatic carbocycles. The van der Waals surface area contributed by atoms with E-state index in [1.54, 1.807) is 6.07 Å². The molecule has 0 aromatic heterocycles. The molecule has 0 aliphatic heterocycles. The SMILES string of the molecule is COC(=O)c1ccc(Sc2ccc(F)cc2F)c(N)c1. The third-order valence-corrected chi connectivity index (χ3v) is 3.69. The van der Waals surface area contributed by atoms with E-state index in [4.69, 9.17) is 5.73 Å². The quantitative estimate of drug-likeness (QED) is 0.695. The summed E-state index contributed by atoms with van der Waals surface area (Å²) < 4.78 is 31.0. The predicted molar refractivity (Wildman–Crippen MR) is 72.7 cm³/mol. The number of hydrogen-bond donors (Lipinski definition) is 1. The van der Waals surface area contributed by atoms with Gasteiger partial charge in [-0.05, 0) is 30.3 Å². The smallest absolute Gasteiger partial charge is 0.337 e. The van der Waals surface area contributed by atoms with Crippen LogP contribution < -0.4 is 5.73 Å². The highest BCUT2D eigenvalue weighted by Gasteiger charge is 2.11. The lowest BCUT2D eigenvalue weighted by molar-refractivity contribution is 0.0600. The Kier molecular flexibility index (Phi) is 4.24. The Bertz CT molecular complexity index is 662. The Hall–Kier alpha value is -2.08. The van der Waals surface area contributed by atoms with Gasteiger partial charge in [0.05, 0.1) is 12.7 Å². The van der Waals surface area contributed by atoms with Gasteiger partial charge in [-0.25, -0.2) is 13.6 Å². The molecule has 2 N–H and O–H groups in total. The second-order valence-electron chi connectivity index (χ2n) is 3.92. The van der Waals surface area contributed by atoms with Crippen LogP contribution in [-0.4, -0.2) is 13.1 Å². The number of anilines is 1. The first-order chi connectivity index (χ1) is 9.51. The Labute approximate surface area is 118 Å². The van der Waals surface area contributed by atoms with Crippen LogP contribution in [0.3, 0.4) is 0 Å². The standard InChI is InChI=1S/C14H11F2NO2S/c1-19-14(18)8-2-4-13(11(17)6-8)20-12-5-3-9(15)7-10(12)16/h2-7H,17H2,1H3. The summed E-state index contributed by atoms with van der Waals surface area (Å²) in [4.78, 5) is 12.2. The molecule has 2 rings (SSSR count). The number of nitrogens with two attached hydrogens (primary N) is 1. The van der Waals surface area contributed by atoms with Crippen LogP contribution in [0.2, 0.25) is 0 Å². The van der Waals surface area contributed by atoms with E-state index >= 15 is 0 Å². The van der Waals surface area contributed by atoms with Gasteiger partial charge in [-0.3, -0.25) is 0 Å². The first-order valence-electron chi connectivity index (χ1n) is 5.62. The monoisotopic (exact) mass is 295 g/mol. The van der Waals surface area contributed by atoms with Crippen molar-refractivity contribution in [3.05, 3.63) is 53.6 Å². The number of benzene rings is 2. The van der Waals surface area contributed by atoms with Gasteiger partial charge in [-0.1, -0.05) is 11.8 Å². The van der Waals surface area contributed by atoms with Gasteiger partial charge < -0.3 is 10.5 Å². The minimum Gasteiger partial charge on any atom is -0.465 e. The van der Waals surface area contributed by atoms with E-state index in [2.05, 4.69) is 4.74 Å². The van der Waals surface area contributed by atoms with E-state index in [-0.39, 0.29) is 4.90 Å². The molecular weight excluding hydrogens is 284 g/mol. The maximum Gasteiger partial charge on any atom is 0.337 e. The lowest BCUT2D eigenvalue weighted by Gasteiger charge is -2.08. The molecule has 0 saturated carbocycles.